The van der Waals surface area contributed by atoms with Gasteiger partial charge >= 0.3 is 0 Å². The summed E-state index contributed by atoms with van der Waals surface area (Å²) in [4.78, 5) is 14.6. The average molecular weight is 399 g/mol. The Bertz CT molecular complexity index is 810. The van der Waals surface area contributed by atoms with Gasteiger partial charge in [0, 0.05) is 20.2 Å². The van der Waals surface area contributed by atoms with E-state index in [4.69, 9.17) is 9.47 Å². The quantitative estimate of drug-likeness (QED) is 0.750. The maximum Gasteiger partial charge on any atom is 0.246 e. The number of methoxy groups -OCH3 is 2. The van der Waals surface area contributed by atoms with E-state index in [1.165, 1.54) is 7.11 Å². The third-order valence-electron chi connectivity index (χ3n) is 5.54. The Kier molecular flexibility index (Phi) is 6.90. The molecule has 0 bridgehead atoms. The van der Waals surface area contributed by atoms with E-state index in [0.29, 0.717) is 19.5 Å². The molecule has 2 N–H and O–H groups in total. The maximum atomic E-state index is 12.3. The predicted molar refractivity (Wildman–Crippen MR) is 112 cm³/mol. The van der Waals surface area contributed by atoms with Crippen LogP contribution in [0, 0.1) is 0 Å². The molecule has 156 valence electrons. The number of likely N-dealkylation sites (tertiary alicyclic amines) is 1. The largest absolute Gasteiger partial charge is 0.497 e. The fourth-order valence-electron chi connectivity index (χ4n) is 4.03. The minimum Gasteiger partial charge on any atom is -0.497 e. The first-order valence-electron chi connectivity index (χ1n) is 9.87. The number of benzene rings is 2. The van der Waals surface area contributed by atoms with Crippen LogP contribution in [0.15, 0.2) is 54.6 Å². The second-order valence-corrected chi connectivity index (χ2v) is 7.76. The van der Waals surface area contributed by atoms with Gasteiger partial charge in [-0.05, 0) is 36.6 Å². The summed E-state index contributed by atoms with van der Waals surface area (Å²) in [5.74, 6) is 0.578. The molecule has 6 heteroatoms. The van der Waals surface area contributed by atoms with Crippen LogP contribution in [0.2, 0.25) is 0 Å². The Morgan fingerprint density at radius 3 is 2.66 bits per heavy atom. The first-order valence-corrected chi connectivity index (χ1v) is 9.87. The lowest BCUT2D eigenvalue weighted by Crippen LogP contribution is -2.62. The van der Waals surface area contributed by atoms with Gasteiger partial charge in [-0.2, -0.15) is 0 Å². The van der Waals surface area contributed by atoms with Gasteiger partial charge in [-0.3, -0.25) is 9.69 Å². The van der Waals surface area contributed by atoms with Gasteiger partial charge in [0.15, 0.2) is 0 Å². The molecule has 0 spiro atoms. The number of piperidine rings is 1. The normalized spacial score (nSPS) is 24.8. The lowest BCUT2D eigenvalue weighted by atomic mass is 9.79. The summed E-state index contributed by atoms with van der Waals surface area (Å²) in [6.07, 6.45) is 0.554. The average Bonchev–Trinajstić information content (AvgIpc) is 2.72. The van der Waals surface area contributed by atoms with Crippen molar-refractivity contribution >= 4 is 5.91 Å². The van der Waals surface area contributed by atoms with E-state index in [2.05, 4.69) is 16.3 Å². The number of rotatable bonds is 7. The predicted octanol–water partition coefficient (Wildman–Crippen LogP) is 2.52. The third kappa shape index (κ3) is 5.15. The molecule has 2 aromatic rings. The van der Waals surface area contributed by atoms with Crippen LogP contribution in [0.4, 0.5) is 0 Å². The van der Waals surface area contributed by atoms with E-state index in [0.717, 1.165) is 16.9 Å². The van der Waals surface area contributed by atoms with Crippen LogP contribution in [0.25, 0.3) is 0 Å². The first-order chi connectivity index (χ1) is 13.9. The van der Waals surface area contributed by atoms with Crippen molar-refractivity contribution in [3.63, 3.8) is 0 Å². The standard InChI is InChI=1S/C23H30N2O4/c1-23(27)12-13-25(15-17-8-7-11-19(14-17)29-3)21(18-9-5-4-6-10-18)22(23)24-20(26)16-28-2/h4-11,14,21-22,27H,12-13,15-16H2,1-3H3,(H,24,26). The number of hydrogen-bond donors (Lipinski definition) is 2. The maximum absolute atomic E-state index is 12.3. The molecule has 3 atom stereocenters. The number of nitrogens with zero attached hydrogens (tertiary/aromatic N) is 1. The van der Waals surface area contributed by atoms with Crippen LogP contribution >= 0.6 is 0 Å². The summed E-state index contributed by atoms with van der Waals surface area (Å²) in [5.41, 5.74) is 1.14. The minimum atomic E-state index is -1.03. The van der Waals surface area contributed by atoms with Crippen molar-refractivity contribution in [1.29, 1.82) is 0 Å². The van der Waals surface area contributed by atoms with Gasteiger partial charge in [-0.15, -0.1) is 0 Å². The number of nitrogens with one attached hydrogen (secondary N) is 1. The van der Waals surface area contributed by atoms with Crippen LogP contribution in [0.3, 0.4) is 0 Å². The van der Waals surface area contributed by atoms with Crippen molar-refractivity contribution in [2.75, 3.05) is 27.4 Å². The summed E-state index contributed by atoms with van der Waals surface area (Å²) < 4.78 is 10.3. The van der Waals surface area contributed by atoms with E-state index in [1.54, 1.807) is 14.0 Å². The zero-order chi connectivity index (χ0) is 20.9. The molecule has 1 heterocycles. The number of aliphatic hydroxyl groups is 1. The van der Waals surface area contributed by atoms with Gasteiger partial charge in [-0.25, -0.2) is 0 Å². The third-order valence-corrected chi connectivity index (χ3v) is 5.54. The van der Waals surface area contributed by atoms with Crippen molar-refractivity contribution in [2.45, 2.75) is 37.6 Å². The molecule has 1 amide bonds. The highest BCUT2D eigenvalue weighted by Crippen LogP contribution is 2.38. The van der Waals surface area contributed by atoms with Crippen LogP contribution < -0.4 is 10.1 Å². The Balaban J connectivity index is 1.94. The van der Waals surface area contributed by atoms with E-state index < -0.39 is 11.6 Å². The number of carbonyl (C=O) groups is 1. The number of carbonyl (C=O) groups excluding carboxylic acids is 1. The molecular formula is C23H30N2O4. The molecule has 29 heavy (non-hydrogen) atoms. The first kappa shape index (κ1) is 21.3. The highest BCUT2D eigenvalue weighted by molar-refractivity contribution is 5.77. The highest BCUT2D eigenvalue weighted by Gasteiger charge is 2.46. The topological polar surface area (TPSA) is 71.0 Å². The van der Waals surface area contributed by atoms with Crippen molar-refractivity contribution in [3.05, 3.63) is 65.7 Å². The van der Waals surface area contributed by atoms with Crippen molar-refractivity contribution in [2.24, 2.45) is 0 Å². The van der Waals surface area contributed by atoms with Gasteiger partial charge < -0.3 is 19.9 Å². The Hall–Kier alpha value is -2.41. The van der Waals surface area contributed by atoms with Crippen LogP contribution in [0.1, 0.15) is 30.5 Å². The zero-order valence-corrected chi connectivity index (χ0v) is 17.3. The number of ether oxygens (including phenoxy) is 2. The van der Waals surface area contributed by atoms with Crippen LogP contribution in [-0.4, -0.2) is 54.9 Å². The number of hydrogen-bond acceptors (Lipinski definition) is 5. The molecule has 0 aliphatic carbocycles. The monoisotopic (exact) mass is 398 g/mol. The van der Waals surface area contributed by atoms with E-state index >= 15 is 0 Å². The second-order valence-electron chi connectivity index (χ2n) is 7.76. The Morgan fingerprint density at radius 1 is 1.21 bits per heavy atom. The van der Waals surface area contributed by atoms with Crippen LogP contribution in [-0.2, 0) is 16.1 Å². The van der Waals surface area contributed by atoms with E-state index in [1.807, 2.05) is 48.5 Å². The second kappa shape index (κ2) is 9.39. The van der Waals surface area contributed by atoms with Crippen LogP contribution in [0.5, 0.6) is 5.75 Å². The van der Waals surface area contributed by atoms with Crippen molar-refractivity contribution < 1.29 is 19.4 Å². The SMILES string of the molecule is COCC(=O)NC1C(c2ccccc2)N(Cc2cccc(OC)c2)CCC1(C)O. The number of amides is 1. The molecule has 1 aliphatic heterocycles. The molecule has 1 aliphatic rings. The van der Waals surface area contributed by atoms with Crippen molar-refractivity contribution in [3.8, 4) is 5.75 Å². The summed E-state index contributed by atoms with van der Waals surface area (Å²) in [7, 11) is 3.15. The highest BCUT2D eigenvalue weighted by atomic mass is 16.5. The van der Waals surface area contributed by atoms with Gasteiger partial charge in [0.1, 0.15) is 12.4 Å². The lowest BCUT2D eigenvalue weighted by Gasteiger charge is -2.49. The summed E-state index contributed by atoms with van der Waals surface area (Å²) in [5, 5.41) is 14.2. The molecule has 1 saturated heterocycles. The minimum absolute atomic E-state index is 0.0377. The molecule has 1 fully saturated rings. The molecule has 2 aromatic carbocycles. The molecular weight excluding hydrogens is 368 g/mol. The molecule has 6 nitrogen and oxygen atoms in total. The van der Waals surface area contributed by atoms with Gasteiger partial charge in [0.25, 0.3) is 0 Å². The summed E-state index contributed by atoms with van der Waals surface area (Å²) in [6, 6.07) is 17.4. The molecule has 3 rings (SSSR count). The molecule has 0 aromatic heterocycles. The fraction of sp³-hybridized carbons (Fsp3) is 0.435. The smallest absolute Gasteiger partial charge is 0.246 e. The molecule has 0 radical (unpaired) electrons. The Morgan fingerprint density at radius 2 is 1.97 bits per heavy atom. The van der Waals surface area contributed by atoms with E-state index in [9.17, 15) is 9.90 Å². The van der Waals surface area contributed by atoms with Gasteiger partial charge in [0.2, 0.25) is 5.91 Å². The van der Waals surface area contributed by atoms with Crippen molar-refractivity contribution in [1.82, 2.24) is 10.2 Å². The zero-order valence-electron chi connectivity index (χ0n) is 17.3. The van der Waals surface area contributed by atoms with Gasteiger partial charge in [0.05, 0.1) is 24.8 Å². The lowest BCUT2D eigenvalue weighted by molar-refractivity contribution is -0.132. The molecule has 3 unspecified atom stereocenters. The fourth-order valence-corrected chi connectivity index (χ4v) is 4.03. The summed E-state index contributed by atoms with van der Waals surface area (Å²) in [6.45, 7) is 3.15. The summed E-state index contributed by atoms with van der Waals surface area (Å²) >= 11 is 0. The van der Waals surface area contributed by atoms with E-state index in [-0.39, 0.29) is 18.6 Å². The van der Waals surface area contributed by atoms with Gasteiger partial charge in [-0.1, -0.05) is 42.5 Å². The Labute approximate surface area is 172 Å². The molecule has 0 saturated carbocycles.